The van der Waals surface area contributed by atoms with E-state index in [2.05, 4.69) is 22.9 Å². The molecule has 0 spiro atoms. The van der Waals surface area contributed by atoms with Crippen molar-refractivity contribution >= 4 is 17.5 Å². The van der Waals surface area contributed by atoms with Crippen molar-refractivity contribution in [2.45, 2.75) is 33.6 Å². The van der Waals surface area contributed by atoms with E-state index in [0.29, 0.717) is 25.1 Å². The summed E-state index contributed by atoms with van der Waals surface area (Å²) < 4.78 is 0. The van der Waals surface area contributed by atoms with Gasteiger partial charge in [-0.1, -0.05) is 6.92 Å². The van der Waals surface area contributed by atoms with Gasteiger partial charge in [0.1, 0.15) is 0 Å². The number of anilines is 1. The van der Waals surface area contributed by atoms with Gasteiger partial charge in [-0.05, 0) is 44.0 Å². The highest BCUT2D eigenvalue weighted by molar-refractivity contribution is 5.95. The third kappa shape index (κ3) is 5.85. The first-order valence-corrected chi connectivity index (χ1v) is 7.47. The smallest absolute Gasteiger partial charge is 0.251 e. The number of amides is 2. The van der Waals surface area contributed by atoms with E-state index in [1.807, 2.05) is 26.0 Å². The van der Waals surface area contributed by atoms with Crippen molar-refractivity contribution in [3.63, 3.8) is 0 Å². The molecule has 0 aliphatic heterocycles. The average molecular weight is 291 g/mol. The van der Waals surface area contributed by atoms with Crippen LogP contribution in [0.4, 0.5) is 5.69 Å². The number of rotatable bonds is 8. The fraction of sp³-hybridized carbons (Fsp3) is 0.500. The summed E-state index contributed by atoms with van der Waals surface area (Å²) in [7, 11) is 0. The molecule has 0 heterocycles. The molecule has 2 amide bonds. The molecule has 0 atom stereocenters. The molecule has 3 N–H and O–H groups in total. The molecule has 116 valence electrons. The summed E-state index contributed by atoms with van der Waals surface area (Å²) in [5.74, 6) is -0.197. The van der Waals surface area contributed by atoms with Gasteiger partial charge in [-0.25, -0.2) is 0 Å². The van der Waals surface area contributed by atoms with E-state index in [4.69, 9.17) is 0 Å². The van der Waals surface area contributed by atoms with E-state index in [1.54, 1.807) is 6.07 Å². The second kappa shape index (κ2) is 9.00. The number of hydrogen-bond donors (Lipinski definition) is 3. The van der Waals surface area contributed by atoms with Gasteiger partial charge >= 0.3 is 0 Å². The lowest BCUT2D eigenvalue weighted by atomic mass is 10.1. The minimum atomic E-state index is -0.149. The second-order valence-electron chi connectivity index (χ2n) is 4.92. The first-order chi connectivity index (χ1) is 10.1. The van der Waals surface area contributed by atoms with Gasteiger partial charge in [0, 0.05) is 37.3 Å². The van der Waals surface area contributed by atoms with Crippen molar-refractivity contribution in [2.24, 2.45) is 0 Å². The van der Waals surface area contributed by atoms with Gasteiger partial charge in [-0.3, -0.25) is 9.59 Å². The lowest BCUT2D eigenvalue weighted by Crippen LogP contribution is -2.30. The largest absolute Gasteiger partial charge is 0.385 e. The molecular formula is C16H25N3O2. The lowest BCUT2D eigenvalue weighted by Gasteiger charge is -2.11. The van der Waals surface area contributed by atoms with Crippen molar-refractivity contribution in [1.29, 1.82) is 0 Å². The Morgan fingerprint density at radius 1 is 1.10 bits per heavy atom. The maximum absolute atomic E-state index is 12.0. The normalized spacial score (nSPS) is 10.0. The van der Waals surface area contributed by atoms with Crippen molar-refractivity contribution < 1.29 is 9.59 Å². The molecule has 0 saturated heterocycles. The van der Waals surface area contributed by atoms with E-state index < -0.39 is 0 Å². The molecular weight excluding hydrogens is 266 g/mol. The first-order valence-electron chi connectivity index (χ1n) is 7.47. The Morgan fingerprint density at radius 3 is 2.48 bits per heavy atom. The van der Waals surface area contributed by atoms with Crippen LogP contribution in [-0.2, 0) is 4.79 Å². The predicted molar refractivity (Wildman–Crippen MR) is 85.6 cm³/mol. The summed E-state index contributed by atoms with van der Waals surface area (Å²) in [4.78, 5) is 23.3. The third-order valence-electron chi connectivity index (χ3n) is 3.07. The highest BCUT2D eigenvalue weighted by atomic mass is 16.2. The zero-order chi connectivity index (χ0) is 15.7. The highest BCUT2D eigenvalue weighted by Gasteiger charge is 2.08. The van der Waals surface area contributed by atoms with Crippen LogP contribution in [-0.4, -0.2) is 31.4 Å². The molecule has 0 aliphatic rings. The molecule has 1 aromatic rings. The molecule has 0 aromatic heterocycles. The van der Waals surface area contributed by atoms with Crippen LogP contribution in [0.15, 0.2) is 18.2 Å². The summed E-state index contributed by atoms with van der Waals surface area (Å²) in [6.45, 7) is 7.83. The molecule has 5 nitrogen and oxygen atoms in total. The molecule has 1 rings (SSSR count). The Balaban J connectivity index is 2.51. The molecule has 0 aliphatic carbocycles. The minimum Gasteiger partial charge on any atom is -0.385 e. The van der Waals surface area contributed by atoms with Gasteiger partial charge < -0.3 is 16.0 Å². The zero-order valence-corrected chi connectivity index (χ0v) is 13.1. The summed E-state index contributed by atoms with van der Waals surface area (Å²) in [5.41, 5.74) is 2.71. The van der Waals surface area contributed by atoms with Gasteiger partial charge in [0.25, 0.3) is 5.91 Å². The SMILES string of the molecule is CCCNc1ccc(C(=O)NCCC(=O)NCC)cc1C. The standard InChI is InChI=1S/C16H25N3O2/c1-4-9-18-14-7-6-13(11-12(14)3)16(21)19-10-8-15(20)17-5-2/h6-7,11,18H,4-5,8-10H2,1-3H3,(H,17,20)(H,19,21). The Hall–Kier alpha value is -2.04. The van der Waals surface area contributed by atoms with Gasteiger partial charge in [0.05, 0.1) is 0 Å². The number of hydrogen-bond acceptors (Lipinski definition) is 3. The number of carbonyl (C=O) groups excluding carboxylic acids is 2. The quantitative estimate of drug-likeness (QED) is 0.687. The maximum Gasteiger partial charge on any atom is 0.251 e. The third-order valence-corrected chi connectivity index (χ3v) is 3.07. The molecule has 0 bridgehead atoms. The van der Waals surface area contributed by atoms with Crippen LogP contribution in [0.1, 0.15) is 42.6 Å². The van der Waals surface area contributed by atoms with E-state index in [-0.39, 0.29) is 11.8 Å². The van der Waals surface area contributed by atoms with Crippen molar-refractivity contribution in [2.75, 3.05) is 25.0 Å². The monoisotopic (exact) mass is 291 g/mol. The van der Waals surface area contributed by atoms with Crippen LogP contribution in [0.5, 0.6) is 0 Å². The van der Waals surface area contributed by atoms with Crippen LogP contribution in [0, 0.1) is 6.92 Å². The van der Waals surface area contributed by atoms with Crippen LogP contribution in [0.2, 0.25) is 0 Å². The van der Waals surface area contributed by atoms with Gasteiger partial charge in [-0.2, -0.15) is 0 Å². The predicted octanol–water partition coefficient (Wildman–Crippen LogP) is 2.07. The topological polar surface area (TPSA) is 70.2 Å². The molecule has 0 fully saturated rings. The van der Waals surface area contributed by atoms with E-state index >= 15 is 0 Å². The van der Waals surface area contributed by atoms with Crippen molar-refractivity contribution in [3.05, 3.63) is 29.3 Å². The molecule has 0 unspecified atom stereocenters. The lowest BCUT2D eigenvalue weighted by molar-refractivity contribution is -0.120. The summed E-state index contributed by atoms with van der Waals surface area (Å²) in [6, 6.07) is 5.58. The van der Waals surface area contributed by atoms with Crippen LogP contribution in [0.25, 0.3) is 0 Å². The zero-order valence-electron chi connectivity index (χ0n) is 13.1. The van der Waals surface area contributed by atoms with Crippen LogP contribution >= 0.6 is 0 Å². The molecule has 0 radical (unpaired) electrons. The Bertz CT molecular complexity index is 486. The summed E-state index contributed by atoms with van der Waals surface area (Å²) in [6.07, 6.45) is 1.36. The van der Waals surface area contributed by atoms with Crippen LogP contribution in [0.3, 0.4) is 0 Å². The minimum absolute atomic E-state index is 0.0481. The Morgan fingerprint density at radius 2 is 1.86 bits per heavy atom. The van der Waals surface area contributed by atoms with E-state index in [0.717, 1.165) is 24.2 Å². The van der Waals surface area contributed by atoms with Gasteiger partial charge in [0.2, 0.25) is 5.91 Å². The average Bonchev–Trinajstić information content (AvgIpc) is 2.46. The number of carbonyl (C=O) groups is 2. The Kier molecular flexibility index (Phi) is 7.29. The fourth-order valence-electron chi connectivity index (χ4n) is 1.94. The number of benzene rings is 1. The molecule has 21 heavy (non-hydrogen) atoms. The molecule has 0 saturated carbocycles. The van der Waals surface area contributed by atoms with Crippen molar-refractivity contribution in [1.82, 2.24) is 10.6 Å². The highest BCUT2D eigenvalue weighted by Crippen LogP contribution is 2.16. The molecule has 1 aromatic carbocycles. The van der Waals surface area contributed by atoms with Gasteiger partial charge in [-0.15, -0.1) is 0 Å². The van der Waals surface area contributed by atoms with E-state index in [9.17, 15) is 9.59 Å². The summed E-state index contributed by atoms with van der Waals surface area (Å²) >= 11 is 0. The summed E-state index contributed by atoms with van der Waals surface area (Å²) in [5, 5.41) is 8.77. The number of aryl methyl sites for hydroxylation is 1. The maximum atomic E-state index is 12.0. The van der Waals surface area contributed by atoms with Gasteiger partial charge in [0.15, 0.2) is 0 Å². The second-order valence-corrected chi connectivity index (χ2v) is 4.92. The number of nitrogens with one attached hydrogen (secondary N) is 3. The molecule has 5 heteroatoms. The fourth-order valence-corrected chi connectivity index (χ4v) is 1.94. The Labute approximate surface area is 126 Å². The van der Waals surface area contributed by atoms with Crippen LogP contribution < -0.4 is 16.0 Å². The van der Waals surface area contributed by atoms with E-state index in [1.165, 1.54) is 0 Å². The first kappa shape index (κ1) is 17.0. The van der Waals surface area contributed by atoms with Crippen molar-refractivity contribution in [3.8, 4) is 0 Å².